The Morgan fingerprint density at radius 1 is 1.15 bits per heavy atom. The predicted octanol–water partition coefficient (Wildman–Crippen LogP) is 2.56. The molecular weight excluding hydrogens is 254 g/mol. The molecule has 0 aliphatic carbocycles. The lowest BCUT2D eigenvalue weighted by Gasteiger charge is -2.19. The summed E-state index contributed by atoms with van der Waals surface area (Å²) in [6.45, 7) is 8.01. The van der Waals surface area contributed by atoms with Gasteiger partial charge in [-0.3, -0.25) is 4.79 Å². The topological polar surface area (TPSA) is 47.6 Å². The number of carbonyl (C=O) groups is 1. The van der Waals surface area contributed by atoms with Gasteiger partial charge in [0, 0.05) is 6.04 Å². The highest BCUT2D eigenvalue weighted by molar-refractivity contribution is 5.76. The summed E-state index contributed by atoms with van der Waals surface area (Å²) in [4.78, 5) is 11.8. The third-order valence-corrected chi connectivity index (χ3v) is 2.76. The number of hydrogen-bond donors (Lipinski definition) is 1. The first-order valence-electron chi connectivity index (χ1n) is 7.01. The minimum absolute atomic E-state index is 0.159. The molecule has 1 aromatic carbocycles. The molecule has 1 N–H and O–H groups in total. The molecule has 0 saturated carbocycles. The number of carbonyl (C=O) groups excluding carboxylic acids is 1. The Morgan fingerprint density at radius 3 is 2.20 bits per heavy atom. The third-order valence-electron chi connectivity index (χ3n) is 2.76. The fourth-order valence-electron chi connectivity index (χ4n) is 1.97. The van der Waals surface area contributed by atoms with Crippen LogP contribution in [0.15, 0.2) is 24.3 Å². The van der Waals surface area contributed by atoms with E-state index in [1.807, 2.05) is 52.0 Å². The van der Waals surface area contributed by atoms with Gasteiger partial charge in [-0.1, -0.05) is 26.0 Å². The lowest BCUT2D eigenvalue weighted by molar-refractivity contribution is -0.143. The molecule has 0 aromatic heterocycles. The second-order valence-corrected chi connectivity index (χ2v) is 5.41. The second-order valence-electron chi connectivity index (χ2n) is 5.41. The summed E-state index contributed by atoms with van der Waals surface area (Å²) in [7, 11) is 1.41. The van der Waals surface area contributed by atoms with Crippen molar-refractivity contribution in [3.63, 3.8) is 0 Å². The molecule has 0 saturated heterocycles. The zero-order chi connectivity index (χ0) is 15.1. The molecule has 0 radical (unpaired) electrons. The maximum absolute atomic E-state index is 11.8. The van der Waals surface area contributed by atoms with Gasteiger partial charge in [-0.2, -0.15) is 0 Å². The number of esters is 1. The molecule has 1 unspecified atom stereocenters. The number of ether oxygens (including phenoxy) is 2. The first-order valence-corrected chi connectivity index (χ1v) is 7.01. The number of hydrogen-bond acceptors (Lipinski definition) is 4. The molecule has 1 rings (SSSR count). The highest BCUT2D eigenvalue weighted by Crippen LogP contribution is 2.15. The normalized spacial score (nSPS) is 12.6. The van der Waals surface area contributed by atoms with Crippen molar-refractivity contribution >= 4 is 5.97 Å². The lowest BCUT2D eigenvalue weighted by atomic mass is 10.1. The van der Waals surface area contributed by atoms with Crippen LogP contribution >= 0.6 is 0 Å². The summed E-state index contributed by atoms with van der Waals surface area (Å²) in [5.41, 5.74) is 1.07. The number of rotatable bonds is 7. The van der Waals surface area contributed by atoms with Crippen molar-refractivity contribution in [1.29, 1.82) is 0 Å². The van der Waals surface area contributed by atoms with Crippen LogP contribution in [0.5, 0.6) is 5.75 Å². The van der Waals surface area contributed by atoms with Gasteiger partial charge in [0.2, 0.25) is 0 Å². The molecule has 0 fully saturated rings. The average molecular weight is 279 g/mol. The van der Waals surface area contributed by atoms with Crippen LogP contribution in [0.3, 0.4) is 0 Å². The molecule has 0 amide bonds. The Morgan fingerprint density at radius 2 is 1.75 bits per heavy atom. The fraction of sp³-hybridized carbons (Fsp3) is 0.562. The van der Waals surface area contributed by atoms with E-state index >= 15 is 0 Å². The molecule has 1 atom stereocenters. The summed E-state index contributed by atoms with van der Waals surface area (Å²) in [6.07, 6.45) is 0.763. The van der Waals surface area contributed by atoms with Crippen LogP contribution in [0.4, 0.5) is 0 Å². The Bertz CT molecular complexity index is 412. The summed E-state index contributed by atoms with van der Waals surface area (Å²) in [5, 5.41) is 3.22. The molecule has 0 spiro atoms. The van der Waals surface area contributed by atoms with Crippen molar-refractivity contribution in [2.24, 2.45) is 0 Å². The molecule has 4 nitrogen and oxygen atoms in total. The Hall–Kier alpha value is -1.55. The molecule has 20 heavy (non-hydrogen) atoms. The molecule has 1 aromatic rings. The summed E-state index contributed by atoms with van der Waals surface area (Å²) in [5.74, 6) is 0.608. The van der Waals surface area contributed by atoms with Crippen LogP contribution in [0.2, 0.25) is 0 Å². The Kier molecular flexibility index (Phi) is 6.52. The molecular formula is C16H25NO3. The van der Waals surface area contributed by atoms with E-state index in [9.17, 15) is 4.79 Å². The van der Waals surface area contributed by atoms with Crippen LogP contribution in [0, 0.1) is 0 Å². The van der Waals surface area contributed by atoms with Gasteiger partial charge in [-0.25, -0.2) is 0 Å². The van der Waals surface area contributed by atoms with Crippen molar-refractivity contribution in [2.45, 2.75) is 52.3 Å². The van der Waals surface area contributed by atoms with E-state index in [4.69, 9.17) is 9.47 Å². The van der Waals surface area contributed by atoms with E-state index in [0.717, 1.165) is 11.3 Å². The van der Waals surface area contributed by atoms with Gasteiger partial charge in [0.05, 0.1) is 13.2 Å². The molecule has 112 valence electrons. The van der Waals surface area contributed by atoms with E-state index < -0.39 is 0 Å². The Balaban J connectivity index is 2.70. The minimum Gasteiger partial charge on any atom is -0.491 e. The maximum Gasteiger partial charge on any atom is 0.323 e. The van der Waals surface area contributed by atoms with Crippen LogP contribution in [0.1, 0.15) is 33.3 Å². The average Bonchev–Trinajstić information content (AvgIpc) is 2.38. The van der Waals surface area contributed by atoms with Crippen LogP contribution in [-0.4, -0.2) is 31.3 Å². The highest BCUT2D eigenvalue weighted by Gasteiger charge is 2.20. The van der Waals surface area contributed by atoms with Gasteiger partial charge < -0.3 is 14.8 Å². The fourth-order valence-corrected chi connectivity index (χ4v) is 1.97. The number of benzene rings is 1. The van der Waals surface area contributed by atoms with Gasteiger partial charge in [0.25, 0.3) is 0 Å². The van der Waals surface area contributed by atoms with Crippen molar-refractivity contribution in [2.75, 3.05) is 7.11 Å². The SMILES string of the molecule is COC(=O)C(Cc1ccc(OC(C)C)cc1)NC(C)C. The van der Waals surface area contributed by atoms with E-state index in [-0.39, 0.29) is 24.2 Å². The third kappa shape index (κ3) is 5.61. The predicted molar refractivity (Wildman–Crippen MR) is 80.0 cm³/mol. The van der Waals surface area contributed by atoms with E-state index in [1.165, 1.54) is 7.11 Å². The zero-order valence-corrected chi connectivity index (χ0v) is 13.0. The minimum atomic E-state index is -0.322. The first kappa shape index (κ1) is 16.5. The lowest BCUT2D eigenvalue weighted by Crippen LogP contribution is -2.43. The first-order chi connectivity index (χ1) is 9.42. The van der Waals surface area contributed by atoms with Crippen LogP contribution < -0.4 is 10.1 Å². The molecule has 0 heterocycles. The quantitative estimate of drug-likeness (QED) is 0.779. The van der Waals surface area contributed by atoms with E-state index in [1.54, 1.807) is 0 Å². The molecule has 4 heteroatoms. The molecule has 0 bridgehead atoms. The summed E-state index contributed by atoms with van der Waals surface area (Å²) < 4.78 is 10.4. The van der Waals surface area contributed by atoms with Gasteiger partial charge in [-0.15, -0.1) is 0 Å². The van der Waals surface area contributed by atoms with E-state index in [2.05, 4.69) is 5.32 Å². The van der Waals surface area contributed by atoms with Crippen molar-refractivity contribution in [1.82, 2.24) is 5.32 Å². The van der Waals surface area contributed by atoms with Gasteiger partial charge in [0.1, 0.15) is 11.8 Å². The largest absolute Gasteiger partial charge is 0.491 e. The Labute approximate surface area is 121 Å². The smallest absolute Gasteiger partial charge is 0.323 e. The number of nitrogens with one attached hydrogen (secondary N) is 1. The standard InChI is InChI=1S/C16H25NO3/c1-11(2)17-15(16(18)19-5)10-13-6-8-14(9-7-13)20-12(3)4/h6-9,11-12,15,17H,10H2,1-5H3. The van der Waals surface area contributed by atoms with E-state index in [0.29, 0.717) is 6.42 Å². The van der Waals surface area contributed by atoms with Crippen LogP contribution in [-0.2, 0) is 16.0 Å². The molecule has 0 aliphatic heterocycles. The summed E-state index contributed by atoms with van der Waals surface area (Å²) in [6, 6.07) is 7.73. The monoisotopic (exact) mass is 279 g/mol. The maximum atomic E-state index is 11.8. The van der Waals surface area contributed by atoms with Gasteiger partial charge >= 0.3 is 5.97 Å². The van der Waals surface area contributed by atoms with Crippen molar-refractivity contribution in [3.8, 4) is 5.75 Å². The van der Waals surface area contributed by atoms with Gasteiger partial charge in [-0.05, 0) is 38.0 Å². The second kappa shape index (κ2) is 7.90. The van der Waals surface area contributed by atoms with Gasteiger partial charge in [0.15, 0.2) is 0 Å². The molecule has 0 aliphatic rings. The summed E-state index contributed by atoms with van der Waals surface area (Å²) >= 11 is 0. The van der Waals surface area contributed by atoms with Crippen LogP contribution in [0.25, 0.3) is 0 Å². The highest BCUT2D eigenvalue weighted by atomic mass is 16.5. The number of methoxy groups -OCH3 is 1. The zero-order valence-electron chi connectivity index (χ0n) is 13.0. The van der Waals surface area contributed by atoms with Crippen molar-refractivity contribution < 1.29 is 14.3 Å². The van der Waals surface area contributed by atoms with Crippen molar-refractivity contribution in [3.05, 3.63) is 29.8 Å².